The number of methoxy groups -OCH3 is 1. The minimum absolute atomic E-state index is 0. The summed E-state index contributed by atoms with van der Waals surface area (Å²) >= 11 is 0. The van der Waals surface area contributed by atoms with Gasteiger partial charge in [-0.2, -0.15) is 0 Å². The van der Waals surface area contributed by atoms with Gasteiger partial charge in [-0.05, 0) is 41.2 Å². The molecule has 0 bridgehead atoms. The molecule has 0 heterocycles. The molecule has 2 aromatic rings. The fraction of sp³-hybridized carbons (Fsp3) is 0.350. The van der Waals surface area contributed by atoms with Crippen LogP contribution in [0.4, 0.5) is 5.69 Å². The average molecular weight is 453 g/mol. The van der Waals surface area contributed by atoms with Crippen LogP contribution in [-0.4, -0.2) is 13.1 Å². The molecular weight excluding hydrogens is 425 g/mol. The third kappa shape index (κ3) is 7.04. The van der Waals surface area contributed by atoms with Gasteiger partial charge in [0.1, 0.15) is 0 Å². The maximum atomic E-state index is 5.97. The number of hydrogen-bond acceptors (Lipinski definition) is 2. The first kappa shape index (κ1) is 21.4. The Bertz CT molecular complexity index is 654. The average Bonchev–Trinajstić information content (AvgIpc) is 2.61. The number of nitrogens with zero attached hydrogens (tertiary/aromatic N) is 1. The van der Waals surface area contributed by atoms with Crippen LogP contribution in [0.3, 0.4) is 0 Å². The highest BCUT2D eigenvalue weighted by molar-refractivity contribution is 14.0. The predicted molar refractivity (Wildman–Crippen MR) is 117 cm³/mol. The van der Waals surface area contributed by atoms with E-state index < -0.39 is 0 Å². The lowest BCUT2D eigenvalue weighted by Gasteiger charge is -2.11. The fourth-order valence-electron chi connectivity index (χ4n) is 2.40. The zero-order valence-corrected chi connectivity index (χ0v) is 17.5. The van der Waals surface area contributed by atoms with Gasteiger partial charge < -0.3 is 15.8 Å². The molecule has 0 amide bonds. The fourth-order valence-corrected chi connectivity index (χ4v) is 2.40. The lowest BCUT2D eigenvalue weighted by atomic mass is 9.99. The molecule has 0 fully saturated rings. The summed E-state index contributed by atoms with van der Waals surface area (Å²) in [6, 6.07) is 16.6. The van der Waals surface area contributed by atoms with Crippen molar-refractivity contribution in [1.29, 1.82) is 0 Å². The summed E-state index contributed by atoms with van der Waals surface area (Å²) in [5, 5.41) is 3.14. The van der Waals surface area contributed by atoms with Crippen LogP contribution in [0, 0.1) is 0 Å². The summed E-state index contributed by atoms with van der Waals surface area (Å²) in [6.45, 7) is 5.61. The van der Waals surface area contributed by atoms with Crippen molar-refractivity contribution in [3.63, 3.8) is 0 Å². The number of nitrogens with one attached hydrogen (secondary N) is 1. The molecule has 2 aromatic carbocycles. The number of nitrogens with two attached hydrogens (primary N) is 1. The number of aliphatic imine (C=N–C) groups is 1. The Labute approximate surface area is 167 Å². The Morgan fingerprint density at radius 1 is 1.08 bits per heavy atom. The van der Waals surface area contributed by atoms with Crippen LogP contribution < -0.4 is 11.1 Å². The van der Waals surface area contributed by atoms with Gasteiger partial charge in [-0.15, -0.1) is 24.0 Å². The second-order valence-corrected chi connectivity index (χ2v) is 6.01. The number of anilines is 1. The number of hydrogen-bond donors (Lipinski definition) is 2. The van der Waals surface area contributed by atoms with Crippen molar-refractivity contribution in [2.45, 2.75) is 39.3 Å². The molecule has 0 aliphatic rings. The molecule has 25 heavy (non-hydrogen) atoms. The van der Waals surface area contributed by atoms with Gasteiger partial charge in [0.2, 0.25) is 0 Å². The smallest absolute Gasteiger partial charge is 0.193 e. The number of benzene rings is 2. The van der Waals surface area contributed by atoms with E-state index >= 15 is 0 Å². The Hall–Kier alpha value is -1.60. The van der Waals surface area contributed by atoms with Crippen molar-refractivity contribution < 1.29 is 4.74 Å². The summed E-state index contributed by atoms with van der Waals surface area (Å²) in [6.07, 6.45) is 1.14. The third-order valence-electron chi connectivity index (χ3n) is 4.13. The first-order chi connectivity index (χ1) is 11.6. The van der Waals surface area contributed by atoms with E-state index in [9.17, 15) is 0 Å². The topological polar surface area (TPSA) is 59.6 Å². The van der Waals surface area contributed by atoms with Crippen molar-refractivity contribution in [1.82, 2.24) is 0 Å². The van der Waals surface area contributed by atoms with Crippen LogP contribution in [-0.2, 0) is 17.9 Å². The molecule has 5 heteroatoms. The lowest BCUT2D eigenvalue weighted by molar-refractivity contribution is 0.185. The van der Waals surface area contributed by atoms with Crippen molar-refractivity contribution >= 4 is 35.6 Å². The zero-order chi connectivity index (χ0) is 17.4. The van der Waals surface area contributed by atoms with E-state index in [-0.39, 0.29) is 24.0 Å². The number of rotatable bonds is 7. The van der Waals surface area contributed by atoms with Gasteiger partial charge in [0.15, 0.2) is 5.96 Å². The summed E-state index contributed by atoms with van der Waals surface area (Å²) in [5.41, 5.74) is 10.5. The summed E-state index contributed by atoms with van der Waals surface area (Å²) < 4.78 is 5.10. The molecule has 0 aliphatic heterocycles. The zero-order valence-electron chi connectivity index (χ0n) is 15.2. The van der Waals surface area contributed by atoms with Gasteiger partial charge in [0, 0.05) is 12.8 Å². The van der Waals surface area contributed by atoms with Crippen LogP contribution in [0.1, 0.15) is 42.9 Å². The second-order valence-electron chi connectivity index (χ2n) is 6.01. The maximum Gasteiger partial charge on any atom is 0.193 e. The molecule has 1 unspecified atom stereocenters. The van der Waals surface area contributed by atoms with Gasteiger partial charge in [-0.1, -0.05) is 50.2 Å². The van der Waals surface area contributed by atoms with Gasteiger partial charge >= 0.3 is 0 Å². The minimum atomic E-state index is 0. The highest BCUT2D eigenvalue weighted by Gasteiger charge is 2.03. The predicted octanol–water partition coefficient (Wildman–Crippen LogP) is 4.89. The first-order valence-electron chi connectivity index (χ1n) is 8.36. The quantitative estimate of drug-likeness (QED) is 0.357. The molecule has 0 aliphatic carbocycles. The normalized spacial score (nSPS) is 12.4. The van der Waals surface area contributed by atoms with Crippen molar-refractivity contribution in [2.24, 2.45) is 10.7 Å². The van der Waals surface area contributed by atoms with Crippen LogP contribution in [0.5, 0.6) is 0 Å². The van der Waals surface area contributed by atoms with Gasteiger partial charge in [-0.25, -0.2) is 4.99 Å². The summed E-state index contributed by atoms with van der Waals surface area (Å²) in [4.78, 5) is 4.39. The highest BCUT2D eigenvalue weighted by atomic mass is 127. The molecule has 2 rings (SSSR count). The molecule has 0 spiro atoms. The minimum Gasteiger partial charge on any atom is -0.380 e. The van der Waals surface area contributed by atoms with Crippen molar-refractivity contribution in [3.8, 4) is 0 Å². The van der Waals surface area contributed by atoms with Crippen molar-refractivity contribution in [3.05, 3.63) is 65.2 Å². The standard InChI is InChI=1S/C20H27N3O.HI/c1-4-15(2)18-9-11-19(12-10-18)23-20(21)22-13-16-5-7-17(8-6-16)14-24-3;/h5-12,15H,4,13-14H2,1-3H3,(H3,21,22,23);1H. The Morgan fingerprint density at radius 2 is 1.68 bits per heavy atom. The molecule has 0 saturated heterocycles. The van der Waals surface area contributed by atoms with E-state index in [1.54, 1.807) is 7.11 Å². The van der Waals surface area contributed by atoms with Gasteiger partial charge in [0.25, 0.3) is 0 Å². The van der Waals surface area contributed by atoms with Crippen molar-refractivity contribution in [2.75, 3.05) is 12.4 Å². The van der Waals surface area contributed by atoms with E-state index in [1.807, 2.05) is 36.4 Å². The largest absolute Gasteiger partial charge is 0.380 e. The molecule has 3 N–H and O–H groups in total. The molecule has 0 saturated carbocycles. The Kier molecular flexibility index (Phi) is 9.52. The SMILES string of the molecule is CCC(C)c1ccc(NC(N)=NCc2ccc(COC)cc2)cc1.I. The number of ether oxygens (including phenoxy) is 1. The van der Waals surface area contributed by atoms with E-state index in [0.717, 1.165) is 23.2 Å². The van der Waals surface area contributed by atoms with Crippen LogP contribution in [0.25, 0.3) is 0 Å². The second kappa shape index (κ2) is 11.1. The van der Waals surface area contributed by atoms with Crippen LogP contribution >= 0.6 is 24.0 Å². The molecule has 4 nitrogen and oxygen atoms in total. The van der Waals surface area contributed by atoms with E-state index in [2.05, 4.69) is 36.3 Å². The summed E-state index contributed by atoms with van der Waals surface area (Å²) in [5.74, 6) is 0.999. The van der Waals surface area contributed by atoms with Crippen LogP contribution in [0.2, 0.25) is 0 Å². The van der Waals surface area contributed by atoms with Gasteiger partial charge in [-0.3, -0.25) is 0 Å². The Balaban J connectivity index is 0.00000312. The number of guanidine groups is 1. The molecule has 0 radical (unpaired) electrons. The Morgan fingerprint density at radius 3 is 2.24 bits per heavy atom. The first-order valence-corrected chi connectivity index (χ1v) is 8.36. The van der Waals surface area contributed by atoms with E-state index in [4.69, 9.17) is 10.5 Å². The maximum absolute atomic E-state index is 5.97. The molecule has 1 atom stereocenters. The molecular formula is C20H28IN3O. The van der Waals surface area contributed by atoms with Gasteiger partial charge in [0.05, 0.1) is 13.2 Å². The third-order valence-corrected chi connectivity index (χ3v) is 4.13. The summed E-state index contributed by atoms with van der Waals surface area (Å²) in [7, 11) is 1.69. The number of halogens is 1. The van der Waals surface area contributed by atoms with E-state index in [0.29, 0.717) is 25.0 Å². The van der Waals surface area contributed by atoms with Crippen LogP contribution in [0.15, 0.2) is 53.5 Å². The molecule has 136 valence electrons. The lowest BCUT2D eigenvalue weighted by Crippen LogP contribution is -2.22. The highest BCUT2D eigenvalue weighted by Crippen LogP contribution is 2.20. The monoisotopic (exact) mass is 453 g/mol. The molecule has 0 aromatic heterocycles. The van der Waals surface area contributed by atoms with E-state index in [1.165, 1.54) is 5.56 Å².